The third-order valence-corrected chi connectivity index (χ3v) is 2.94. The molecular formula is C12H17N5O. The van der Waals surface area contributed by atoms with Crippen LogP contribution in [0, 0.1) is 17.2 Å². The van der Waals surface area contributed by atoms with Crippen LogP contribution in [0.1, 0.15) is 31.2 Å². The zero-order chi connectivity index (χ0) is 13.5. The highest BCUT2D eigenvalue weighted by molar-refractivity contribution is 5.99. The number of nitriles is 1. The summed E-state index contributed by atoms with van der Waals surface area (Å²) in [5, 5.41) is 17.2. The molecule has 0 aromatic carbocycles. The Hall–Kier alpha value is -2.29. The van der Waals surface area contributed by atoms with Gasteiger partial charge in [0.2, 0.25) is 0 Å². The first kappa shape index (κ1) is 13.8. The predicted molar refractivity (Wildman–Crippen MR) is 70.6 cm³/mol. The molecule has 96 valence electrons. The van der Waals surface area contributed by atoms with Gasteiger partial charge in [-0.1, -0.05) is 12.8 Å². The number of nitrogens with one attached hydrogen (secondary N) is 3. The van der Waals surface area contributed by atoms with Gasteiger partial charge in [0.15, 0.2) is 0 Å². The first-order chi connectivity index (χ1) is 8.68. The van der Waals surface area contributed by atoms with E-state index in [9.17, 15) is 4.79 Å². The van der Waals surface area contributed by atoms with Gasteiger partial charge in [0.25, 0.3) is 5.56 Å². The lowest BCUT2D eigenvalue weighted by Gasteiger charge is -2.15. The van der Waals surface area contributed by atoms with Gasteiger partial charge in [0, 0.05) is 18.8 Å². The lowest BCUT2D eigenvalue weighted by molar-refractivity contribution is 0.754. The van der Waals surface area contributed by atoms with Gasteiger partial charge in [-0.2, -0.15) is 0 Å². The molecule has 0 aliphatic heterocycles. The molecule has 1 saturated carbocycles. The van der Waals surface area contributed by atoms with E-state index in [-0.39, 0.29) is 17.0 Å². The molecule has 0 bridgehead atoms. The molecule has 1 aromatic rings. The van der Waals surface area contributed by atoms with Crippen LogP contribution >= 0.6 is 0 Å². The summed E-state index contributed by atoms with van der Waals surface area (Å²) in [7, 11) is 0. The fraction of sp³-hybridized carbons (Fsp3) is 0.417. The average Bonchev–Trinajstić information content (AvgIpc) is 2.84. The van der Waals surface area contributed by atoms with Crippen LogP contribution in [0.4, 0.5) is 5.69 Å². The maximum atomic E-state index is 11.5. The van der Waals surface area contributed by atoms with Crippen LogP contribution in [0.2, 0.25) is 0 Å². The third-order valence-electron chi connectivity index (χ3n) is 2.94. The smallest absolute Gasteiger partial charge is 0.261 e. The molecule has 0 saturated heterocycles. The van der Waals surface area contributed by atoms with Crippen molar-refractivity contribution in [3.63, 3.8) is 0 Å². The van der Waals surface area contributed by atoms with E-state index in [0.717, 1.165) is 12.8 Å². The number of pyridine rings is 1. The molecule has 0 unspecified atom stereocenters. The zero-order valence-corrected chi connectivity index (χ0v) is 10.1. The standard InChI is InChI=1S/C11H16N4O.CHN/c12-10(13)9-8(5-6-14-11(9)16)15-7-3-1-2-4-7;1-2/h5-7H,1-4H2,(H3,12,13)(H2,14,15,16);1H. The van der Waals surface area contributed by atoms with E-state index in [1.807, 2.05) is 0 Å². The first-order valence-electron chi connectivity index (χ1n) is 5.77. The molecule has 2 rings (SSSR count). The van der Waals surface area contributed by atoms with Gasteiger partial charge in [0.1, 0.15) is 11.4 Å². The summed E-state index contributed by atoms with van der Waals surface area (Å²) in [6.07, 6.45) is 6.24. The number of aromatic nitrogens is 1. The Bertz CT molecular complexity index is 485. The Morgan fingerprint density at radius 3 is 2.67 bits per heavy atom. The number of hydrogen-bond donors (Lipinski definition) is 4. The number of H-pyrrole nitrogens is 1. The summed E-state index contributed by atoms with van der Waals surface area (Å²) < 4.78 is 0. The van der Waals surface area contributed by atoms with Crippen molar-refractivity contribution >= 4 is 11.5 Å². The largest absolute Gasteiger partial charge is 0.383 e. The fourth-order valence-corrected chi connectivity index (χ4v) is 2.16. The lowest BCUT2D eigenvalue weighted by Crippen LogP contribution is -2.27. The van der Waals surface area contributed by atoms with Crippen LogP contribution in [0.25, 0.3) is 0 Å². The van der Waals surface area contributed by atoms with Crippen molar-refractivity contribution in [3.05, 3.63) is 28.2 Å². The van der Waals surface area contributed by atoms with E-state index in [2.05, 4.69) is 16.9 Å². The highest BCUT2D eigenvalue weighted by Gasteiger charge is 2.17. The van der Waals surface area contributed by atoms with Gasteiger partial charge < -0.3 is 16.0 Å². The number of hydrogen-bond acceptors (Lipinski definition) is 4. The van der Waals surface area contributed by atoms with E-state index in [0.29, 0.717) is 11.7 Å². The average molecular weight is 247 g/mol. The molecule has 0 spiro atoms. The Morgan fingerprint density at radius 2 is 2.11 bits per heavy atom. The predicted octanol–water partition coefficient (Wildman–Crippen LogP) is 1.15. The van der Waals surface area contributed by atoms with Crippen LogP contribution in [0.3, 0.4) is 0 Å². The maximum Gasteiger partial charge on any atom is 0.261 e. The zero-order valence-electron chi connectivity index (χ0n) is 10.1. The highest BCUT2D eigenvalue weighted by Crippen LogP contribution is 2.22. The van der Waals surface area contributed by atoms with Gasteiger partial charge in [0.05, 0.1) is 5.69 Å². The molecule has 6 nitrogen and oxygen atoms in total. The molecule has 0 atom stereocenters. The number of nitrogens with zero attached hydrogens (tertiary/aromatic N) is 1. The molecule has 1 aliphatic carbocycles. The van der Waals surface area contributed by atoms with Crippen molar-refractivity contribution in [2.75, 3.05) is 5.32 Å². The summed E-state index contributed by atoms with van der Waals surface area (Å²) in [5.74, 6) is -0.192. The monoisotopic (exact) mass is 247 g/mol. The van der Waals surface area contributed by atoms with Crippen LogP contribution < -0.4 is 16.6 Å². The SMILES string of the molecule is C#N.N=C(N)c1c(NC2CCCC2)cc[nH]c1=O. The number of anilines is 1. The van der Waals surface area contributed by atoms with Gasteiger partial charge in [-0.3, -0.25) is 10.2 Å². The van der Waals surface area contributed by atoms with Gasteiger partial charge >= 0.3 is 0 Å². The molecule has 1 aliphatic rings. The summed E-state index contributed by atoms with van der Waals surface area (Å²) >= 11 is 0. The van der Waals surface area contributed by atoms with Gasteiger partial charge in [-0.05, 0) is 18.9 Å². The van der Waals surface area contributed by atoms with Gasteiger partial charge in [-0.15, -0.1) is 0 Å². The molecule has 1 aromatic heterocycles. The quantitative estimate of drug-likeness (QED) is 0.473. The summed E-state index contributed by atoms with van der Waals surface area (Å²) in [6, 6.07) is 2.16. The fourth-order valence-electron chi connectivity index (χ4n) is 2.16. The van der Waals surface area contributed by atoms with Crippen molar-refractivity contribution in [3.8, 4) is 6.57 Å². The summed E-state index contributed by atoms with van der Waals surface area (Å²) in [5.41, 5.74) is 6.02. The summed E-state index contributed by atoms with van der Waals surface area (Å²) in [6.45, 7) is 3.50. The van der Waals surface area contributed by atoms with Crippen molar-refractivity contribution in [1.82, 2.24) is 4.98 Å². The van der Waals surface area contributed by atoms with Crippen molar-refractivity contribution in [2.24, 2.45) is 5.73 Å². The van der Waals surface area contributed by atoms with E-state index in [1.54, 1.807) is 12.3 Å². The third kappa shape index (κ3) is 3.10. The van der Waals surface area contributed by atoms with E-state index < -0.39 is 0 Å². The summed E-state index contributed by atoms with van der Waals surface area (Å²) in [4.78, 5) is 14.1. The molecule has 18 heavy (non-hydrogen) atoms. The Morgan fingerprint density at radius 1 is 1.50 bits per heavy atom. The second-order valence-corrected chi connectivity index (χ2v) is 4.13. The minimum atomic E-state index is -0.310. The molecule has 5 N–H and O–H groups in total. The van der Waals surface area contributed by atoms with Gasteiger partial charge in [-0.25, -0.2) is 5.26 Å². The molecule has 1 heterocycles. The van der Waals surface area contributed by atoms with E-state index >= 15 is 0 Å². The van der Waals surface area contributed by atoms with E-state index in [4.69, 9.17) is 16.4 Å². The molecule has 0 radical (unpaired) electrons. The molecular weight excluding hydrogens is 230 g/mol. The van der Waals surface area contributed by atoms with Crippen molar-refractivity contribution in [2.45, 2.75) is 31.7 Å². The number of aromatic amines is 1. The van der Waals surface area contributed by atoms with Crippen molar-refractivity contribution in [1.29, 1.82) is 10.7 Å². The Kier molecular flexibility index (Phi) is 4.93. The second kappa shape index (κ2) is 6.45. The number of nitrogens with two attached hydrogens (primary N) is 1. The molecule has 6 heteroatoms. The van der Waals surface area contributed by atoms with Crippen LogP contribution in [0.15, 0.2) is 17.1 Å². The minimum absolute atomic E-state index is 0.192. The van der Waals surface area contributed by atoms with Crippen LogP contribution in [0.5, 0.6) is 0 Å². The van der Waals surface area contributed by atoms with Crippen molar-refractivity contribution < 1.29 is 0 Å². The normalized spacial score (nSPS) is 14.6. The molecule has 0 amide bonds. The lowest BCUT2D eigenvalue weighted by atomic mass is 10.1. The first-order valence-corrected chi connectivity index (χ1v) is 5.77. The number of rotatable bonds is 3. The van der Waals surface area contributed by atoms with E-state index in [1.165, 1.54) is 12.8 Å². The number of amidine groups is 1. The molecule has 1 fully saturated rings. The highest BCUT2D eigenvalue weighted by atomic mass is 16.1. The second-order valence-electron chi connectivity index (χ2n) is 4.13. The van der Waals surface area contributed by atoms with Crippen LogP contribution in [-0.4, -0.2) is 16.9 Å². The Labute approximate surface area is 105 Å². The van der Waals surface area contributed by atoms with Crippen LogP contribution in [-0.2, 0) is 0 Å². The Balaban J connectivity index is 0.000000771. The maximum absolute atomic E-state index is 11.5. The minimum Gasteiger partial charge on any atom is -0.383 e. The number of nitrogen functional groups attached to an aromatic ring is 1. The topological polar surface area (TPSA) is 119 Å².